The molecule has 6 nitrogen and oxygen atoms in total. The van der Waals surface area contributed by atoms with Crippen LogP contribution >= 0.6 is 12.2 Å². The monoisotopic (exact) mass is 471 g/mol. The average Bonchev–Trinajstić information content (AvgIpc) is 3.45. The van der Waals surface area contributed by atoms with E-state index in [1.807, 2.05) is 65.4 Å². The summed E-state index contributed by atoms with van der Waals surface area (Å²) in [6, 6.07) is 23.3. The van der Waals surface area contributed by atoms with Crippen LogP contribution in [-0.2, 0) is 4.79 Å². The average molecular weight is 472 g/mol. The van der Waals surface area contributed by atoms with Crippen LogP contribution in [-0.4, -0.2) is 20.6 Å². The van der Waals surface area contributed by atoms with E-state index in [2.05, 4.69) is 20.5 Å². The summed E-state index contributed by atoms with van der Waals surface area (Å²) >= 11 is 5.79. The van der Waals surface area contributed by atoms with E-state index in [0.717, 1.165) is 22.8 Å². The van der Waals surface area contributed by atoms with Crippen molar-refractivity contribution in [1.82, 2.24) is 14.9 Å². The third-order valence-electron chi connectivity index (χ3n) is 5.75. The predicted molar refractivity (Wildman–Crippen MR) is 134 cm³/mol. The maximum atomic E-state index is 13.6. The highest BCUT2D eigenvalue weighted by atomic mass is 32.1. The van der Waals surface area contributed by atoms with E-state index in [9.17, 15) is 9.18 Å². The predicted octanol–water partition coefficient (Wildman–Crippen LogP) is 5.15. The van der Waals surface area contributed by atoms with Gasteiger partial charge in [0, 0.05) is 42.1 Å². The maximum absolute atomic E-state index is 13.6. The van der Waals surface area contributed by atoms with Crippen LogP contribution < -0.4 is 15.5 Å². The van der Waals surface area contributed by atoms with Crippen LogP contribution in [0.4, 0.5) is 15.8 Å². The highest BCUT2D eigenvalue weighted by molar-refractivity contribution is 7.80. The number of amides is 1. The summed E-state index contributed by atoms with van der Waals surface area (Å²) in [7, 11) is 0. The first kappa shape index (κ1) is 21.8. The Morgan fingerprint density at radius 2 is 1.74 bits per heavy atom. The van der Waals surface area contributed by atoms with E-state index < -0.39 is 0 Å². The molecule has 2 N–H and O–H groups in total. The van der Waals surface area contributed by atoms with Gasteiger partial charge in [0.1, 0.15) is 11.9 Å². The first-order valence-corrected chi connectivity index (χ1v) is 11.2. The molecule has 170 valence electrons. The summed E-state index contributed by atoms with van der Waals surface area (Å²) in [5.41, 5.74) is 4.27. The van der Waals surface area contributed by atoms with Crippen LogP contribution in [0, 0.1) is 5.82 Å². The number of carbonyl (C=O) groups excluding carboxylic acids is 1. The van der Waals surface area contributed by atoms with E-state index >= 15 is 0 Å². The van der Waals surface area contributed by atoms with Gasteiger partial charge in [0.05, 0.1) is 11.7 Å². The van der Waals surface area contributed by atoms with Gasteiger partial charge in [0.15, 0.2) is 5.11 Å². The summed E-state index contributed by atoms with van der Waals surface area (Å²) < 4.78 is 15.6. The fourth-order valence-electron chi connectivity index (χ4n) is 4.31. The Bertz CT molecular complexity index is 1320. The second-order valence-corrected chi connectivity index (χ2v) is 8.39. The summed E-state index contributed by atoms with van der Waals surface area (Å²) in [6.45, 7) is 1.48. The number of rotatable bonds is 5. The molecule has 0 spiro atoms. The topological polar surface area (TPSA) is 62.2 Å². The van der Waals surface area contributed by atoms with Crippen molar-refractivity contribution in [2.24, 2.45) is 0 Å². The van der Waals surface area contributed by atoms with Crippen LogP contribution in [0.3, 0.4) is 0 Å². The molecule has 2 unspecified atom stereocenters. The van der Waals surface area contributed by atoms with E-state index in [0.29, 0.717) is 10.8 Å². The molecule has 8 heteroatoms. The first-order chi connectivity index (χ1) is 16.5. The van der Waals surface area contributed by atoms with Crippen molar-refractivity contribution in [3.63, 3.8) is 0 Å². The molecule has 1 saturated heterocycles. The van der Waals surface area contributed by atoms with Crippen molar-refractivity contribution >= 4 is 34.6 Å². The number of thiocarbonyl (C=S) groups is 1. The molecule has 1 amide bonds. The largest absolute Gasteiger partial charge is 0.351 e. The number of halogens is 1. The van der Waals surface area contributed by atoms with Crippen LogP contribution in [0.1, 0.15) is 30.4 Å². The number of aromatic nitrogens is 2. The third-order valence-corrected chi connectivity index (χ3v) is 6.07. The molecule has 4 aromatic rings. The molecule has 1 aliphatic heterocycles. The Kier molecular flexibility index (Phi) is 5.81. The van der Waals surface area contributed by atoms with Gasteiger partial charge in [-0.25, -0.2) is 4.39 Å². The normalized spacial score (nSPS) is 17.5. The zero-order valence-corrected chi connectivity index (χ0v) is 19.2. The Labute approximate surface area is 202 Å². The number of pyridine rings is 1. The molecule has 1 aliphatic rings. The van der Waals surface area contributed by atoms with Crippen LogP contribution in [0.25, 0.3) is 5.69 Å². The standard InChI is InChI=1S/C26H22FN5OS/c1-17(33)29-19-9-13-21(14-10-19)32-25(24(30-26(32)34)22-5-2-3-15-28-22)23-6-4-16-31(23)20-11-7-18(27)8-12-20/h2-16,24-25H,1H3,(H,29,33)(H,30,34). The van der Waals surface area contributed by atoms with Gasteiger partial charge < -0.3 is 20.1 Å². The molecule has 1 fully saturated rings. The van der Waals surface area contributed by atoms with Crippen molar-refractivity contribution in [3.8, 4) is 5.69 Å². The second kappa shape index (κ2) is 9.07. The third kappa shape index (κ3) is 4.15. The van der Waals surface area contributed by atoms with Crippen LogP contribution in [0.15, 0.2) is 91.3 Å². The molecule has 2 atom stereocenters. The van der Waals surface area contributed by atoms with Gasteiger partial charge in [-0.2, -0.15) is 0 Å². The van der Waals surface area contributed by atoms with E-state index in [1.54, 1.807) is 18.3 Å². The van der Waals surface area contributed by atoms with Crippen LogP contribution in [0.2, 0.25) is 0 Å². The summed E-state index contributed by atoms with van der Waals surface area (Å²) in [4.78, 5) is 18.1. The van der Waals surface area contributed by atoms with Gasteiger partial charge in [0.25, 0.3) is 0 Å². The van der Waals surface area contributed by atoms with E-state index in [4.69, 9.17) is 12.2 Å². The van der Waals surface area contributed by atoms with E-state index in [1.165, 1.54) is 19.1 Å². The summed E-state index contributed by atoms with van der Waals surface area (Å²) in [6.07, 6.45) is 3.72. The Morgan fingerprint density at radius 1 is 1.00 bits per heavy atom. The molecule has 5 rings (SSSR count). The van der Waals surface area contributed by atoms with Gasteiger partial charge in [-0.3, -0.25) is 9.78 Å². The summed E-state index contributed by atoms with van der Waals surface area (Å²) in [5.74, 6) is -0.412. The minimum atomic E-state index is -0.284. The zero-order valence-electron chi connectivity index (χ0n) is 18.4. The zero-order chi connectivity index (χ0) is 23.7. The van der Waals surface area contributed by atoms with Crippen molar-refractivity contribution < 1.29 is 9.18 Å². The number of carbonyl (C=O) groups is 1. The van der Waals surface area contributed by atoms with Crippen molar-refractivity contribution in [2.75, 3.05) is 10.2 Å². The SMILES string of the molecule is CC(=O)Nc1ccc(N2C(=S)NC(c3ccccn3)C2c2cccn2-c2ccc(F)cc2)cc1. The molecule has 0 radical (unpaired) electrons. The number of nitrogens with zero attached hydrogens (tertiary/aromatic N) is 3. The fourth-order valence-corrected chi connectivity index (χ4v) is 4.66. The van der Waals surface area contributed by atoms with Gasteiger partial charge in [0.2, 0.25) is 5.91 Å². The molecule has 2 aromatic carbocycles. The Morgan fingerprint density at radius 3 is 2.41 bits per heavy atom. The molecule has 0 aliphatic carbocycles. The van der Waals surface area contributed by atoms with Crippen LogP contribution in [0.5, 0.6) is 0 Å². The number of benzene rings is 2. The molecule has 0 bridgehead atoms. The maximum Gasteiger partial charge on any atom is 0.221 e. The quantitative estimate of drug-likeness (QED) is 0.395. The summed E-state index contributed by atoms with van der Waals surface area (Å²) in [5, 5.41) is 6.80. The minimum Gasteiger partial charge on any atom is -0.351 e. The molecule has 2 aromatic heterocycles. The Hall–Kier alpha value is -4.04. The minimum absolute atomic E-state index is 0.128. The highest BCUT2D eigenvalue weighted by Crippen LogP contribution is 2.42. The first-order valence-electron chi connectivity index (χ1n) is 10.8. The Balaban J connectivity index is 1.61. The molecule has 0 saturated carbocycles. The lowest BCUT2D eigenvalue weighted by Gasteiger charge is -2.29. The molecular weight excluding hydrogens is 449 g/mol. The van der Waals surface area contributed by atoms with Crippen molar-refractivity contribution in [2.45, 2.75) is 19.0 Å². The highest BCUT2D eigenvalue weighted by Gasteiger charge is 2.42. The van der Waals surface area contributed by atoms with Gasteiger partial charge in [-0.05, 0) is 85.0 Å². The lowest BCUT2D eigenvalue weighted by Crippen LogP contribution is -2.30. The van der Waals surface area contributed by atoms with Gasteiger partial charge in [-0.1, -0.05) is 6.07 Å². The smallest absolute Gasteiger partial charge is 0.221 e. The lowest BCUT2D eigenvalue weighted by atomic mass is 10.0. The molecule has 34 heavy (non-hydrogen) atoms. The van der Waals surface area contributed by atoms with Gasteiger partial charge >= 0.3 is 0 Å². The van der Waals surface area contributed by atoms with Crippen molar-refractivity contribution in [3.05, 3.63) is 108 Å². The number of anilines is 2. The van der Waals surface area contributed by atoms with E-state index in [-0.39, 0.29) is 23.8 Å². The lowest BCUT2D eigenvalue weighted by molar-refractivity contribution is -0.114. The molecular formula is C26H22FN5OS. The number of hydrogen-bond donors (Lipinski definition) is 2. The van der Waals surface area contributed by atoms with Crippen molar-refractivity contribution in [1.29, 1.82) is 0 Å². The number of nitrogens with one attached hydrogen (secondary N) is 2. The molecule has 3 heterocycles. The van der Waals surface area contributed by atoms with Gasteiger partial charge in [-0.15, -0.1) is 0 Å². The second-order valence-electron chi connectivity index (χ2n) is 8.00. The number of hydrogen-bond acceptors (Lipinski definition) is 3. The fraction of sp³-hybridized carbons (Fsp3) is 0.115.